The minimum absolute atomic E-state index is 0.142. The molecule has 0 heterocycles. The minimum Gasteiger partial charge on any atom is -0.507 e. The van der Waals surface area contributed by atoms with E-state index in [0.717, 1.165) is 33.4 Å². The van der Waals surface area contributed by atoms with Crippen molar-refractivity contribution in [2.24, 2.45) is 0 Å². The van der Waals surface area contributed by atoms with Crippen LogP contribution in [0.2, 0.25) is 0 Å². The maximum atomic E-state index is 11.8. The molecule has 0 spiro atoms. The first-order valence-corrected chi connectivity index (χ1v) is 11.5. The van der Waals surface area contributed by atoms with Crippen molar-refractivity contribution in [3.63, 3.8) is 0 Å². The fraction of sp³-hybridized carbons (Fsp3) is 0.0625. The lowest BCUT2D eigenvalue weighted by molar-refractivity contribution is 0.459. The van der Waals surface area contributed by atoms with Crippen LogP contribution in [0.15, 0.2) is 133 Å². The lowest BCUT2D eigenvalue weighted by Gasteiger charge is -2.25. The molecular formula is C32H27NO. The van der Waals surface area contributed by atoms with E-state index in [1.807, 2.05) is 84.9 Å². The number of hydrogen-bond donors (Lipinski definition) is 2. The Morgan fingerprint density at radius 2 is 0.706 bits per heavy atom. The number of nitrogens with two attached hydrogens (primary N) is 1. The van der Waals surface area contributed by atoms with Crippen LogP contribution >= 0.6 is 0 Å². The fourth-order valence-electron chi connectivity index (χ4n) is 4.83. The summed E-state index contributed by atoms with van der Waals surface area (Å²) >= 11 is 0. The summed E-state index contributed by atoms with van der Waals surface area (Å²) in [5.41, 5.74) is 13.2. The van der Waals surface area contributed by atoms with Gasteiger partial charge in [-0.25, -0.2) is 0 Å². The Morgan fingerprint density at radius 1 is 0.441 bits per heavy atom. The Bertz CT molecular complexity index is 1170. The number of aromatic hydroxyl groups is 1. The quantitative estimate of drug-likeness (QED) is 0.165. The summed E-state index contributed by atoms with van der Waals surface area (Å²) in [6, 6.07) is 45.0. The number of hydrogen-bond acceptors (Lipinski definition) is 2. The van der Waals surface area contributed by atoms with Crippen LogP contribution in [0.3, 0.4) is 0 Å². The second kappa shape index (κ2) is 9.68. The minimum atomic E-state index is -0.142. The van der Waals surface area contributed by atoms with Gasteiger partial charge in [0.25, 0.3) is 0 Å². The third kappa shape index (κ3) is 4.31. The van der Waals surface area contributed by atoms with E-state index in [0.29, 0.717) is 5.69 Å². The van der Waals surface area contributed by atoms with E-state index in [9.17, 15) is 5.11 Å². The van der Waals surface area contributed by atoms with Crippen molar-refractivity contribution in [3.8, 4) is 5.75 Å². The summed E-state index contributed by atoms with van der Waals surface area (Å²) < 4.78 is 0. The zero-order valence-electron chi connectivity index (χ0n) is 18.9. The van der Waals surface area contributed by atoms with Crippen LogP contribution in [0, 0.1) is 0 Å². The first kappa shape index (κ1) is 21.5. The molecule has 2 heteroatoms. The summed E-state index contributed by atoms with van der Waals surface area (Å²) in [4.78, 5) is 0. The lowest BCUT2D eigenvalue weighted by Crippen LogP contribution is -2.09. The van der Waals surface area contributed by atoms with Crippen molar-refractivity contribution >= 4 is 5.69 Å². The molecule has 3 N–H and O–H groups in total. The van der Waals surface area contributed by atoms with E-state index in [1.54, 1.807) is 0 Å². The maximum absolute atomic E-state index is 11.8. The van der Waals surface area contributed by atoms with Crippen molar-refractivity contribution < 1.29 is 5.11 Å². The Hall–Kier alpha value is -4.30. The van der Waals surface area contributed by atoms with Crippen LogP contribution in [0.25, 0.3) is 0 Å². The van der Waals surface area contributed by atoms with Gasteiger partial charge in [-0.1, -0.05) is 121 Å². The maximum Gasteiger partial charge on any atom is 0.124 e. The van der Waals surface area contributed by atoms with Gasteiger partial charge in [-0.2, -0.15) is 0 Å². The molecule has 0 bridgehead atoms. The number of benzene rings is 5. The van der Waals surface area contributed by atoms with Gasteiger partial charge >= 0.3 is 0 Å². The van der Waals surface area contributed by atoms with Gasteiger partial charge in [0.1, 0.15) is 5.75 Å². The zero-order chi connectivity index (χ0) is 23.3. The van der Waals surface area contributed by atoms with Gasteiger partial charge in [0.2, 0.25) is 0 Å². The van der Waals surface area contributed by atoms with Crippen LogP contribution in [0.1, 0.15) is 45.2 Å². The molecule has 0 aliphatic carbocycles. The average molecular weight is 442 g/mol. The second-order valence-electron chi connectivity index (χ2n) is 8.56. The van der Waals surface area contributed by atoms with E-state index in [4.69, 9.17) is 5.73 Å². The first-order valence-electron chi connectivity index (χ1n) is 11.5. The van der Waals surface area contributed by atoms with Crippen LogP contribution in [-0.4, -0.2) is 5.11 Å². The summed E-state index contributed by atoms with van der Waals surface area (Å²) in [7, 11) is 0. The van der Waals surface area contributed by atoms with Gasteiger partial charge in [0.05, 0.1) is 0 Å². The number of anilines is 1. The normalized spacial score (nSPS) is 11.1. The smallest absolute Gasteiger partial charge is 0.124 e. The van der Waals surface area contributed by atoms with Crippen LogP contribution in [0.5, 0.6) is 5.75 Å². The summed E-state index contributed by atoms with van der Waals surface area (Å²) in [5, 5.41) is 11.8. The first-order chi connectivity index (χ1) is 16.7. The molecule has 2 nitrogen and oxygen atoms in total. The number of rotatable bonds is 6. The molecule has 0 atom stereocenters. The van der Waals surface area contributed by atoms with Gasteiger partial charge < -0.3 is 10.8 Å². The van der Waals surface area contributed by atoms with Gasteiger partial charge in [0.15, 0.2) is 0 Å². The Balaban J connectivity index is 1.75. The molecule has 0 aliphatic rings. The van der Waals surface area contributed by atoms with Crippen molar-refractivity contribution in [3.05, 3.63) is 167 Å². The molecule has 5 aromatic carbocycles. The number of phenolic OH excluding ortho intramolecular Hbond substituents is 1. The molecular weight excluding hydrogens is 414 g/mol. The summed E-state index contributed by atoms with van der Waals surface area (Å²) in [6.07, 6.45) is 0. The predicted molar refractivity (Wildman–Crippen MR) is 140 cm³/mol. The number of phenols is 1. The highest BCUT2D eigenvalue weighted by molar-refractivity contribution is 5.62. The van der Waals surface area contributed by atoms with E-state index < -0.39 is 0 Å². The van der Waals surface area contributed by atoms with Gasteiger partial charge in [-0.15, -0.1) is 0 Å². The van der Waals surface area contributed by atoms with E-state index in [1.165, 1.54) is 0 Å². The summed E-state index contributed by atoms with van der Waals surface area (Å²) in [6.45, 7) is 0. The molecule has 5 rings (SSSR count). The molecule has 0 unspecified atom stereocenters. The van der Waals surface area contributed by atoms with E-state index >= 15 is 0 Å². The third-order valence-corrected chi connectivity index (χ3v) is 6.34. The lowest BCUT2D eigenvalue weighted by atomic mass is 9.79. The third-order valence-electron chi connectivity index (χ3n) is 6.34. The van der Waals surface area contributed by atoms with Gasteiger partial charge in [0, 0.05) is 28.7 Å². The van der Waals surface area contributed by atoms with Crippen molar-refractivity contribution in [2.45, 2.75) is 11.8 Å². The van der Waals surface area contributed by atoms with E-state index in [2.05, 4.69) is 48.5 Å². The molecule has 0 amide bonds. The van der Waals surface area contributed by atoms with Crippen LogP contribution < -0.4 is 5.73 Å². The molecule has 0 saturated heterocycles. The Morgan fingerprint density at radius 3 is 0.971 bits per heavy atom. The largest absolute Gasteiger partial charge is 0.507 e. The number of nitrogen functional groups attached to an aromatic ring is 1. The average Bonchev–Trinajstić information content (AvgIpc) is 2.89. The fourth-order valence-corrected chi connectivity index (χ4v) is 4.83. The van der Waals surface area contributed by atoms with Crippen molar-refractivity contribution in [1.29, 1.82) is 0 Å². The molecule has 5 aromatic rings. The van der Waals surface area contributed by atoms with E-state index in [-0.39, 0.29) is 17.6 Å². The monoisotopic (exact) mass is 441 g/mol. The SMILES string of the molecule is Nc1cc(C(c2ccccc2)c2ccccc2)c(O)c(C(c2ccccc2)c2ccccc2)c1. The van der Waals surface area contributed by atoms with Gasteiger partial charge in [-0.05, 0) is 34.4 Å². The highest BCUT2D eigenvalue weighted by atomic mass is 16.3. The second-order valence-corrected chi connectivity index (χ2v) is 8.56. The Labute approximate surface area is 201 Å². The van der Waals surface area contributed by atoms with Crippen molar-refractivity contribution in [1.82, 2.24) is 0 Å². The zero-order valence-corrected chi connectivity index (χ0v) is 18.9. The van der Waals surface area contributed by atoms with Crippen LogP contribution in [-0.2, 0) is 0 Å². The molecule has 34 heavy (non-hydrogen) atoms. The molecule has 0 radical (unpaired) electrons. The molecule has 0 aromatic heterocycles. The Kier molecular flexibility index (Phi) is 6.13. The molecule has 0 aliphatic heterocycles. The highest BCUT2D eigenvalue weighted by Crippen LogP contribution is 2.45. The molecule has 166 valence electrons. The topological polar surface area (TPSA) is 46.2 Å². The van der Waals surface area contributed by atoms with Crippen LogP contribution in [0.4, 0.5) is 5.69 Å². The highest BCUT2D eigenvalue weighted by Gasteiger charge is 2.26. The molecule has 0 fully saturated rings. The standard InChI is InChI=1S/C32H27NO/c33-27-21-28(30(23-13-5-1-6-14-23)24-15-7-2-8-16-24)32(34)29(22-27)31(25-17-9-3-10-18-25)26-19-11-4-12-20-26/h1-22,30-31,34H,33H2. The summed E-state index contributed by atoms with van der Waals surface area (Å²) in [5.74, 6) is -0.00157. The molecule has 0 saturated carbocycles. The predicted octanol–water partition coefficient (Wildman–Crippen LogP) is 7.33. The van der Waals surface area contributed by atoms with Gasteiger partial charge in [-0.3, -0.25) is 0 Å². The van der Waals surface area contributed by atoms with Crippen molar-refractivity contribution in [2.75, 3.05) is 5.73 Å².